The van der Waals surface area contributed by atoms with Crippen molar-refractivity contribution in [3.63, 3.8) is 0 Å². The largest absolute Gasteiger partial charge is 0.305 e. The monoisotopic (exact) mass is 350 g/mol. The van der Waals surface area contributed by atoms with Gasteiger partial charge in [0.25, 0.3) is 5.56 Å². The molecule has 0 saturated carbocycles. The molecule has 1 aromatic carbocycles. The van der Waals surface area contributed by atoms with Gasteiger partial charge in [0.05, 0.1) is 10.4 Å². The zero-order valence-corrected chi connectivity index (χ0v) is 14.2. The van der Waals surface area contributed by atoms with Gasteiger partial charge in [-0.25, -0.2) is 4.98 Å². The van der Waals surface area contributed by atoms with E-state index in [1.807, 2.05) is 26.0 Å². The van der Waals surface area contributed by atoms with E-state index in [9.17, 15) is 4.79 Å². The first-order chi connectivity index (χ1) is 10.5. The molecule has 0 aliphatic rings. The van der Waals surface area contributed by atoms with Crippen LogP contribution in [-0.4, -0.2) is 9.97 Å². The third-order valence-electron chi connectivity index (χ3n) is 3.43. The van der Waals surface area contributed by atoms with Crippen molar-refractivity contribution in [3.05, 3.63) is 61.5 Å². The van der Waals surface area contributed by atoms with E-state index in [-0.39, 0.29) is 5.56 Å². The standard InChI is InChI=1S/C16H12Cl2N2OS/c1-8-9(2)22-16-13(8)15(21)19-14(20-16)12(18)7-10-3-5-11(17)6-4-10/h3-7H,1-2H3,(H,19,20,21). The number of hydrogen-bond donors (Lipinski definition) is 1. The van der Waals surface area contributed by atoms with Crippen molar-refractivity contribution in [1.82, 2.24) is 9.97 Å². The van der Waals surface area contributed by atoms with Crippen molar-refractivity contribution >= 4 is 55.9 Å². The molecule has 2 heterocycles. The van der Waals surface area contributed by atoms with Crippen molar-refractivity contribution < 1.29 is 0 Å². The smallest absolute Gasteiger partial charge is 0.260 e. The zero-order chi connectivity index (χ0) is 15.9. The maximum atomic E-state index is 12.2. The molecular formula is C16H12Cl2N2OS. The number of hydrogen-bond acceptors (Lipinski definition) is 3. The number of rotatable bonds is 2. The van der Waals surface area contributed by atoms with Crippen LogP contribution in [0.5, 0.6) is 0 Å². The zero-order valence-electron chi connectivity index (χ0n) is 11.9. The van der Waals surface area contributed by atoms with Crippen molar-refractivity contribution in [2.45, 2.75) is 13.8 Å². The number of H-pyrrole nitrogens is 1. The SMILES string of the molecule is Cc1sc2nc(C(Cl)=Cc3ccc(Cl)cc3)[nH]c(=O)c2c1C. The number of benzene rings is 1. The number of aromatic nitrogens is 2. The average Bonchev–Trinajstić information content (AvgIpc) is 2.77. The van der Waals surface area contributed by atoms with Crippen LogP contribution in [0.1, 0.15) is 21.8 Å². The van der Waals surface area contributed by atoms with E-state index in [2.05, 4.69) is 9.97 Å². The van der Waals surface area contributed by atoms with E-state index < -0.39 is 0 Å². The molecule has 0 fully saturated rings. The quantitative estimate of drug-likeness (QED) is 0.707. The molecule has 0 unspecified atom stereocenters. The molecule has 0 atom stereocenters. The molecule has 0 aliphatic heterocycles. The summed E-state index contributed by atoms with van der Waals surface area (Å²) in [6.07, 6.45) is 1.75. The molecule has 6 heteroatoms. The normalized spacial score (nSPS) is 12.1. The van der Waals surface area contributed by atoms with Crippen LogP contribution in [0.4, 0.5) is 0 Å². The van der Waals surface area contributed by atoms with Crippen LogP contribution in [0.15, 0.2) is 29.1 Å². The molecule has 3 nitrogen and oxygen atoms in total. The minimum absolute atomic E-state index is 0.162. The predicted octanol–water partition coefficient (Wildman–Crippen LogP) is 4.99. The van der Waals surface area contributed by atoms with Gasteiger partial charge in [0.2, 0.25) is 0 Å². The first-order valence-corrected chi connectivity index (χ1v) is 8.16. The first kappa shape index (κ1) is 15.3. The number of nitrogens with zero attached hydrogens (tertiary/aromatic N) is 1. The van der Waals surface area contributed by atoms with E-state index >= 15 is 0 Å². The summed E-state index contributed by atoms with van der Waals surface area (Å²) in [7, 11) is 0. The van der Waals surface area contributed by atoms with Crippen molar-refractivity contribution in [2.75, 3.05) is 0 Å². The van der Waals surface area contributed by atoms with Crippen molar-refractivity contribution in [2.24, 2.45) is 0 Å². The van der Waals surface area contributed by atoms with Gasteiger partial charge in [0.1, 0.15) is 4.83 Å². The lowest BCUT2D eigenvalue weighted by Gasteiger charge is -2.00. The Labute approximate surface area is 141 Å². The number of aromatic amines is 1. The fourth-order valence-corrected chi connectivity index (χ4v) is 3.51. The van der Waals surface area contributed by atoms with Gasteiger partial charge in [-0.3, -0.25) is 4.79 Å². The maximum absolute atomic E-state index is 12.2. The van der Waals surface area contributed by atoms with Crippen LogP contribution in [0, 0.1) is 13.8 Å². The molecule has 0 amide bonds. The Morgan fingerprint density at radius 1 is 1.27 bits per heavy atom. The second-order valence-corrected chi connectivity index (χ2v) is 6.97. The third-order valence-corrected chi connectivity index (χ3v) is 5.07. The fourth-order valence-electron chi connectivity index (χ4n) is 2.14. The second kappa shape index (κ2) is 5.88. The summed E-state index contributed by atoms with van der Waals surface area (Å²) in [6.45, 7) is 3.90. The molecule has 0 bridgehead atoms. The van der Waals surface area contributed by atoms with Gasteiger partial charge in [0, 0.05) is 9.90 Å². The van der Waals surface area contributed by atoms with E-state index in [4.69, 9.17) is 23.2 Å². The number of fused-ring (bicyclic) bond motifs is 1. The highest BCUT2D eigenvalue weighted by atomic mass is 35.5. The molecule has 3 aromatic rings. The highest BCUT2D eigenvalue weighted by molar-refractivity contribution is 7.18. The topological polar surface area (TPSA) is 45.8 Å². The molecule has 0 radical (unpaired) electrons. The lowest BCUT2D eigenvalue weighted by molar-refractivity contribution is 1.14. The third kappa shape index (κ3) is 2.82. The van der Waals surface area contributed by atoms with Gasteiger partial charge in [-0.15, -0.1) is 11.3 Å². The van der Waals surface area contributed by atoms with Gasteiger partial charge < -0.3 is 4.98 Å². The van der Waals surface area contributed by atoms with Crippen LogP contribution < -0.4 is 5.56 Å². The number of aryl methyl sites for hydroxylation is 2. The van der Waals surface area contributed by atoms with E-state index in [1.54, 1.807) is 18.2 Å². The summed E-state index contributed by atoms with van der Waals surface area (Å²) in [4.78, 5) is 21.3. The summed E-state index contributed by atoms with van der Waals surface area (Å²) in [5.74, 6) is 0.371. The summed E-state index contributed by atoms with van der Waals surface area (Å²) in [6, 6.07) is 7.26. The molecule has 3 rings (SSSR count). The Morgan fingerprint density at radius 2 is 1.95 bits per heavy atom. The summed E-state index contributed by atoms with van der Waals surface area (Å²) in [5.41, 5.74) is 1.69. The molecule has 0 spiro atoms. The van der Waals surface area contributed by atoms with Gasteiger partial charge in [0.15, 0.2) is 5.82 Å². The van der Waals surface area contributed by atoms with E-state index in [0.717, 1.165) is 16.0 Å². The molecule has 1 N–H and O–H groups in total. The van der Waals surface area contributed by atoms with Gasteiger partial charge >= 0.3 is 0 Å². The van der Waals surface area contributed by atoms with Crippen LogP contribution >= 0.6 is 34.5 Å². The average molecular weight is 351 g/mol. The summed E-state index contributed by atoms with van der Waals surface area (Å²) in [5, 5.41) is 1.68. The molecule has 112 valence electrons. The summed E-state index contributed by atoms with van der Waals surface area (Å²) >= 11 is 13.7. The Hall–Kier alpha value is -1.62. The molecule has 0 aliphatic carbocycles. The minimum Gasteiger partial charge on any atom is -0.305 e. The number of halogens is 2. The lowest BCUT2D eigenvalue weighted by Crippen LogP contribution is -2.10. The van der Waals surface area contributed by atoms with Gasteiger partial charge in [-0.1, -0.05) is 35.3 Å². The minimum atomic E-state index is -0.162. The lowest BCUT2D eigenvalue weighted by atomic mass is 10.2. The Bertz CT molecular complexity index is 939. The number of thiophene rings is 1. The van der Waals surface area contributed by atoms with Crippen LogP contribution in [0.3, 0.4) is 0 Å². The Kier molecular flexibility index (Phi) is 4.08. The predicted molar refractivity (Wildman–Crippen MR) is 94.9 cm³/mol. The summed E-state index contributed by atoms with van der Waals surface area (Å²) < 4.78 is 0. The van der Waals surface area contributed by atoms with E-state index in [0.29, 0.717) is 26.1 Å². The van der Waals surface area contributed by atoms with Crippen LogP contribution in [0.25, 0.3) is 21.3 Å². The van der Waals surface area contributed by atoms with Gasteiger partial charge in [-0.05, 0) is 43.2 Å². The Morgan fingerprint density at radius 3 is 2.64 bits per heavy atom. The highest BCUT2D eigenvalue weighted by Gasteiger charge is 2.13. The molecule has 22 heavy (non-hydrogen) atoms. The van der Waals surface area contributed by atoms with Crippen molar-refractivity contribution in [1.29, 1.82) is 0 Å². The van der Waals surface area contributed by atoms with Crippen LogP contribution in [-0.2, 0) is 0 Å². The molecule has 0 saturated heterocycles. The molecular weight excluding hydrogens is 339 g/mol. The molecule has 2 aromatic heterocycles. The first-order valence-electron chi connectivity index (χ1n) is 6.59. The maximum Gasteiger partial charge on any atom is 0.260 e. The fraction of sp³-hybridized carbons (Fsp3) is 0.125. The second-order valence-electron chi connectivity index (χ2n) is 4.92. The number of nitrogens with one attached hydrogen (secondary N) is 1. The van der Waals surface area contributed by atoms with Crippen molar-refractivity contribution in [3.8, 4) is 0 Å². The highest BCUT2D eigenvalue weighted by Crippen LogP contribution is 2.27. The van der Waals surface area contributed by atoms with Crippen LogP contribution in [0.2, 0.25) is 5.02 Å². The van der Waals surface area contributed by atoms with E-state index in [1.165, 1.54) is 11.3 Å². The Balaban J connectivity index is 2.09. The van der Waals surface area contributed by atoms with Gasteiger partial charge in [-0.2, -0.15) is 0 Å².